The van der Waals surface area contributed by atoms with Crippen molar-refractivity contribution in [3.63, 3.8) is 0 Å². The molecule has 0 aliphatic carbocycles. The molecule has 1 nitrogen and oxygen atoms in total. The Bertz CT molecular complexity index is 624. The van der Waals surface area contributed by atoms with E-state index in [1.54, 1.807) is 24.3 Å². The SMILES string of the molecule is NC(CSc1cccc(F)c1)c1ccc(Br)c(Cl)c1F. The molecule has 2 aromatic carbocycles. The molecule has 0 saturated heterocycles. The van der Waals surface area contributed by atoms with Crippen molar-refractivity contribution in [1.29, 1.82) is 0 Å². The molecule has 2 aromatic rings. The highest BCUT2D eigenvalue weighted by molar-refractivity contribution is 9.10. The minimum atomic E-state index is -0.520. The topological polar surface area (TPSA) is 26.0 Å². The normalized spacial score (nSPS) is 12.4. The molecule has 106 valence electrons. The Morgan fingerprint density at radius 2 is 2.00 bits per heavy atom. The highest BCUT2D eigenvalue weighted by Crippen LogP contribution is 2.31. The van der Waals surface area contributed by atoms with Gasteiger partial charge in [-0.15, -0.1) is 11.8 Å². The van der Waals surface area contributed by atoms with Gasteiger partial charge in [-0.2, -0.15) is 0 Å². The summed E-state index contributed by atoms with van der Waals surface area (Å²) < 4.78 is 27.5. The van der Waals surface area contributed by atoms with Crippen LogP contribution in [0, 0.1) is 11.6 Å². The molecule has 20 heavy (non-hydrogen) atoms. The van der Waals surface area contributed by atoms with Crippen molar-refractivity contribution >= 4 is 39.3 Å². The zero-order chi connectivity index (χ0) is 14.7. The lowest BCUT2D eigenvalue weighted by atomic mass is 10.1. The van der Waals surface area contributed by atoms with Gasteiger partial charge in [-0.05, 0) is 40.2 Å². The van der Waals surface area contributed by atoms with Gasteiger partial charge in [-0.3, -0.25) is 0 Å². The molecular formula is C14H11BrClF2NS. The molecule has 2 N–H and O–H groups in total. The Kier molecular flexibility index (Phi) is 5.43. The summed E-state index contributed by atoms with van der Waals surface area (Å²) in [4.78, 5) is 0.754. The highest BCUT2D eigenvalue weighted by atomic mass is 79.9. The third-order valence-corrected chi connectivity index (χ3v) is 5.06. The van der Waals surface area contributed by atoms with Gasteiger partial charge < -0.3 is 5.73 Å². The van der Waals surface area contributed by atoms with Crippen molar-refractivity contribution in [3.8, 4) is 0 Å². The van der Waals surface area contributed by atoms with Crippen molar-refractivity contribution in [2.75, 3.05) is 5.75 Å². The quantitative estimate of drug-likeness (QED) is 0.586. The Morgan fingerprint density at radius 1 is 1.25 bits per heavy atom. The van der Waals surface area contributed by atoms with Crippen molar-refractivity contribution in [2.45, 2.75) is 10.9 Å². The maximum atomic E-state index is 14.0. The molecule has 0 amide bonds. The van der Waals surface area contributed by atoms with E-state index in [0.717, 1.165) is 4.90 Å². The molecule has 0 fully saturated rings. The summed E-state index contributed by atoms with van der Waals surface area (Å²) in [5.74, 6) is -0.395. The lowest BCUT2D eigenvalue weighted by molar-refractivity contribution is 0.595. The average Bonchev–Trinajstić information content (AvgIpc) is 2.42. The van der Waals surface area contributed by atoms with E-state index in [1.807, 2.05) is 0 Å². The van der Waals surface area contributed by atoms with E-state index in [-0.39, 0.29) is 10.8 Å². The first-order valence-electron chi connectivity index (χ1n) is 5.76. The fourth-order valence-electron chi connectivity index (χ4n) is 1.66. The number of nitrogens with two attached hydrogens (primary N) is 1. The average molecular weight is 379 g/mol. The van der Waals surface area contributed by atoms with E-state index < -0.39 is 11.9 Å². The first-order chi connectivity index (χ1) is 9.49. The molecule has 1 atom stereocenters. The monoisotopic (exact) mass is 377 g/mol. The van der Waals surface area contributed by atoms with E-state index in [2.05, 4.69) is 15.9 Å². The van der Waals surface area contributed by atoms with Gasteiger partial charge in [0.2, 0.25) is 0 Å². The van der Waals surface area contributed by atoms with Crippen LogP contribution in [0.4, 0.5) is 8.78 Å². The number of hydrogen-bond acceptors (Lipinski definition) is 2. The molecule has 0 bridgehead atoms. The predicted molar refractivity (Wildman–Crippen MR) is 83.2 cm³/mol. The van der Waals surface area contributed by atoms with Gasteiger partial charge in [-0.1, -0.05) is 23.7 Å². The molecule has 0 radical (unpaired) electrons. The summed E-state index contributed by atoms with van der Waals surface area (Å²) in [7, 11) is 0. The molecule has 0 aliphatic heterocycles. The van der Waals surface area contributed by atoms with Crippen LogP contribution in [0.2, 0.25) is 5.02 Å². The highest BCUT2D eigenvalue weighted by Gasteiger charge is 2.16. The van der Waals surface area contributed by atoms with Crippen LogP contribution in [0.3, 0.4) is 0 Å². The molecule has 0 aromatic heterocycles. The van der Waals surface area contributed by atoms with Crippen LogP contribution in [0.1, 0.15) is 11.6 Å². The molecule has 2 rings (SSSR count). The summed E-state index contributed by atoms with van der Waals surface area (Å²) in [6, 6.07) is 8.94. The number of rotatable bonds is 4. The summed E-state index contributed by atoms with van der Waals surface area (Å²) >= 11 is 10.4. The predicted octanol–water partition coefficient (Wildman–Crippen LogP) is 5.17. The van der Waals surface area contributed by atoms with Crippen LogP contribution in [-0.4, -0.2) is 5.75 Å². The fourth-order valence-corrected chi connectivity index (χ4v) is 3.06. The summed E-state index contributed by atoms with van der Waals surface area (Å²) in [5, 5.41) is 0.0219. The van der Waals surface area contributed by atoms with Crippen molar-refractivity contribution in [1.82, 2.24) is 0 Å². The first-order valence-corrected chi connectivity index (χ1v) is 7.92. The maximum absolute atomic E-state index is 14.0. The van der Waals surface area contributed by atoms with Crippen molar-refractivity contribution in [3.05, 3.63) is 63.1 Å². The maximum Gasteiger partial charge on any atom is 0.147 e. The van der Waals surface area contributed by atoms with Gasteiger partial charge in [0.25, 0.3) is 0 Å². The number of thioether (sulfide) groups is 1. The molecule has 0 aliphatic rings. The third-order valence-electron chi connectivity index (χ3n) is 2.69. The van der Waals surface area contributed by atoms with Crippen LogP contribution in [-0.2, 0) is 0 Å². The molecule has 6 heteroatoms. The summed E-state index contributed by atoms with van der Waals surface area (Å²) in [6.07, 6.45) is 0. The smallest absolute Gasteiger partial charge is 0.147 e. The van der Waals surface area contributed by atoms with E-state index >= 15 is 0 Å². The lowest BCUT2D eigenvalue weighted by Crippen LogP contribution is -2.15. The van der Waals surface area contributed by atoms with E-state index in [0.29, 0.717) is 15.8 Å². The van der Waals surface area contributed by atoms with Gasteiger partial charge in [-0.25, -0.2) is 8.78 Å². The van der Waals surface area contributed by atoms with Gasteiger partial charge in [0, 0.05) is 26.7 Å². The van der Waals surface area contributed by atoms with Crippen LogP contribution in [0.5, 0.6) is 0 Å². The Hall–Kier alpha value is -0.620. The minimum Gasteiger partial charge on any atom is -0.323 e. The summed E-state index contributed by atoms with van der Waals surface area (Å²) in [6.45, 7) is 0. The standard InChI is InChI=1S/C14H11BrClF2NS/c15-11-5-4-10(14(18)13(11)16)12(19)7-20-9-3-1-2-8(17)6-9/h1-6,12H,7,19H2. The molecule has 0 spiro atoms. The largest absolute Gasteiger partial charge is 0.323 e. The van der Waals surface area contributed by atoms with Gasteiger partial charge in [0.05, 0.1) is 5.02 Å². The second kappa shape index (κ2) is 6.89. The third kappa shape index (κ3) is 3.73. The number of benzene rings is 2. The van der Waals surface area contributed by atoms with Crippen molar-refractivity contribution < 1.29 is 8.78 Å². The van der Waals surface area contributed by atoms with Crippen molar-refractivity contribution in [2.24, 2.45) is 5.73 Å². The second-order valence-corrected chi connectivity index (χ2v) is 6.47. The molecule has 0 saturated carbocycles. The van der Waals surface area contributed by atoms with E-state index in [4.69, 9.17) is 17.3 Å². The van der Waals surface area contributed by atoms with Crippen LogP contribution >= 0.6 is 39.3 Å². The zero-order valence-electron chi connectivity index (χ0n) is 10.2. The number of hydrogen-bond donors (Lipinski definition) is 1. The first kappa shape index (κ1) is 15.8. The van der Waals surface area contributed by atoms with Crippen LogP contribution in [0.15, 0.2) is 45.8 Å². The Labute approximate surface area is 133 Å². The zero-order valence-corrected chi connectivity index (χ0v) is 13.4. The molecular weight excluding hydrogens is 368 g/mol. The number of halogens is 4. The molecule has 1 unspecified atom stereocenters. The Balaban J connectivity index is 2.09. The van der Waals surface area contributed by atoms with Crippen LogP contribution < -0.4 is 5.73 Å². The lowest BCUT2D eigenvalue weighted by Gasteiger charge is -2.14. The minimum absolute atomic E-state index is 0.0219. The second-order valence-electron chi connectivity index (χ2n) is 4.14. The van der Waals surface area contributed by atoms with Crippen LogP contribution in [0.25, 0.3) is 0 Å². The summed E-state index contributed by atoms with van der Waals surface area (Å²) in [5.41, 5.74) is 6.32. The van der Waals surface area contributed by atoms with E-state index in [1.165, 1.54) is 23.9 Å². The Morgan fingerprint density at radius 3 is 2.70 bits per heavy atom. The van der Waals surface area contributed by atoms with Gasteiger partial charge >= 0.3 is 0 Å². The van der Waals surface area contributed by atoms with Gasteiger partial charge in [0.1, 0.15) is 11.6 Å². The van der Waals surface area contributed by atoms with E-state index in [9.17, 15) is 8.78 Å². The van der Waals surface area contributed by atoms with Gasteiger partial charge in [0.15, 0.2) is 0 Å². The molecule has 0 heterocycles. The fraction of sp³-hybridized carbons (Fsp3) is 0.143.